The lowest BCUT2D eigenvalue weighted by Gasteiger charge is -2.10. The zero-order chi connectivity index (χ0) is 16.1. The van der Waals surface area contributed by atoms with Crippen LogP contribution in [0.5, 0.6) is 23.3 Å². The van der Waals surface area contributed by atoms with Crippen LogP contribution in [0.4, 0.5) is 0 Å². The van der Waals surface area contributed by atoms with E-state index < -0.39 is 8.25 Å². The van der Waals surface area contributed by atoms with Crippen molar-refractivity contribution in [2.75, 3.05) is 6.61 Å². The Hall–Kier alpha value is -2.11. The minimum absolute atomic E-state index is 0.261. The zero-order valence-electron chi connectivity index (χ0n) is 12.5. The Morgan fingerprint density at radius 2 is 1.77 bits per heavy atom. The maximum absolute atomic E-state index is 10.8. The van der Waals surface area contributed by atoms with Crippen LogP contribution in [0.25, 0.3) is 0 Å². The first-order valence-corrected chi connectivity index (χ1v) is 7.91. The number of ether oxygens (including phenoxy) is 2. The van der Waals surface area contributed by atoms with Gasteiger partial charge in [-0.1, -0.05) is 0 Å². The summed E-state index contributed by atoms with van der Waals surface area (Å²) in [6, 6.07) is 6.50. The summed E-state index contributed by atoms with van der Waals surface area (Å²) in [5, 5.41) is 0. The van der Waals surface area contributed by atoms with Gasteiger partial charge in [0.25, 0.3) is 0 Å². The summed E-state index contributed by atoms with van der Waals surface area (Å²) in [5.74, 6) is 1.97. The predicted octanol–water partition coefficient (Wildman–Crippen LogP) is 3.05. The van der Waals surface area contributed by atoms with Crippen LogP contribution in [-0.4, -0.2) is 21.5 Å². The molecule has 1 aromatic carbocycles. The molecule has 0 aliphatic rings. The van der Waals surface area contributed by atoms with Crippen LogP contribution < -0.4 is 14.0 Å². The van der Waals surface area contributed by atoms with E-state index in [1.54, 1.807) is 25.1 Å². The second kappa shape index (κ2) is 7.24. The van der Waals surface area contributed by atoms with Gasteiger partial charge < -0.3 is 18.9 Å². The average molecular weight is 324 g/mol. The molecule has 0 amide bonds. The average Bonchev–Trinajstić information content (AvgIpc) is 2.36. The van der Waals surface area contributed by atoms with Gasteiger partial charge >= 0.3 is 8.25 Å². The SMILES string of the molecule is CCOc1cc(Oc2cc(C)cc(O[PH](=O)O)c2)nc(C)n1. The van der Waals surface area contributed by atoms with Gasteiger partial charge in [-0.05, 0) is 38.5 Å². The molecule has 0 radical (unpaired) electrons. The van der Waals surface area contributed by atoms with Gasteiger partial charge in [0.2, 0.25) is 11.8 Å². The molecule has 1 heterocycles. The fourth-order valence-corrected chi connectivity index (χ4v) is 2.16. The standard InChI is InChI=1S/C14H17N2O5P/c1-4-19-13-8-14(16-10(3)15-13)20-11-5-9(2)6-12(7-11)21-22(17)18/h5-8,22H,4H2,1-3H3,(H,17,18). The van der Waals surface area contributed by atoms with Crippen molar-refractivity contribution in [2.45, 2.75) is 20.8 Å². The molecule has 2 aromatic rings. The molecule has 0 saturated heterocycles. The van der Waals surface area contributed by atoms with E-state index >= 15 is 0 Å². The Morgan fingerprint density at radius 1 is 1.09 bits per heavy atom. The molecule has 7 nitrogen and oxygen atoms in total. The van der Waals surface area contributed by atoms with Crippen molar-refractivity contribution in [3.63, 3.8) is 0 Å². The van der Waals surface area contributed by atoms with Crippen molar-refractivity contribution < 1.29 is 23.5 Å². The number of rotatable bonds is 6. The highest BCUT2D eigenvalue weighted by molar-refractivity contribution is 7.32. The third-order valence-electron chi connectivity index (χ3n) is 2.54. The van der Waals surface area contributed by atoms with Crippen LogP contribution in [-0.2, 0) is 4.57 Å². The lowest BCUT2D eigenvalue weighted by atomic mass is 10.2. The molecule has 0 aliphatic heterocycles. The Balaban J connectivity index is 2.26. The molecule has 1 aromatic heterocycles. The zero-order valence-corrected chi connectivity index (χ0v) is 13.5. The highest BCUT2D eigenvalue weighted by atomic mass is 31.1. The van der Waals surface area contributed by atoms with Crippen molar-refractivity contribution in [1.29, 1.82) is 0 Å². The molecule has 118 valence electrons. The third-order valence-corrected chi connectivity index (χ3v) is 2.95. The summed E-state index contributed by atoms with van der Waals surface area (Å²) in [6.07, 6.45) is 0. The van der Waals surface area contributed by atoms with Gasteiger partial charge in [0.1, 0.15) is 17.3 Å². The quantitative estimate of drug-likeness (QED) is 0.817. The molecule has 0 aliphatic carbocycles. The predicted molar refractivity (Wildman–Crippen MR) is 81.0 cm³/mol. The number of benzene rings is 1. The molecule has 0 fully saturated rings. The maximum Gasteiger partial charge on any atom is 0.365 e. The summed E-state index contributed by atoms with van der Waals surface area (Å²) in [5.41, 5.74) is 0.826. The van der Waals surface area contributed by atoms with Gasteiger partial charge in [0, 0.05) is 6.07 Å². The van der Waals surface area contributed by atoms with Gasteiger partial charge in [-0.2, -0.15) is 9.97 Å². The fourth-order valence-electron chi connectivity index (χ4n) is 1.84. The van der Waals surface area contributed by atoms with Crippen LogP contribution in [0.15, 0.2) is 24.3 Å². The van der Waals surface area contributed by atoms with Gasteiger partial charge in [0.05, 0.1) is 12.7 Å². The second-order valence-corrected chi connectivity index (χ2v) is 5.21. The molecule has 8 heteroatoms. The van der Waals surface area contributed by atoms with Crippen LogP contribution in [0.3, 0.4) is 0 Å². The number of hydrogen-bond donors (Lipinski definition) is 1. The lowest BCUT2D eigenvalue weighted by molar-refractivity contribution is 0.321. The Bertz CT molecular complexity index is 693. The van der Waals surface area contributed by atoms with Gasteiger partial charge in [-0.3, -0.25) is 0 Å². The minimum atomic E-state index is -3.06. The summed E-state index contributed by atoms with van der Waals surface area (Å²) >= 11 is 0. The smallest absolute Gasteiger partial charge is 0.365 e. The van der Waals surface area contributed by atoms with E-state index in [0.717, 1.165) is 5.56 Å². The first kappa shape index (κ1) is 16.3. The summed E-state index contributed by atoms with van der Waals surface area (Å²) < 4.78 is 26.6. The summed E-state index contributed by atoms with van der Waals surface area (Å²) in [7, 11) is -3.06. The van der Waals surface area contributed by atoms with Gasteiger partial charge in [0.15, 0.2) is 0 Å². The first-order valence-electron chi connectivity index (χ1n) is 6.65. The number of aryl methyl sites for hydroxylation is 2. The van der Waals surface area contributed by atoms with Crippen LogP contribution in [0.2, 0.25) is 0 Å². The molecular formula is C14H17N2O5P. The monoisotopic (exact) mass is 324 g/mol. The lowest BCUT2D eigenvalue weighted by Crippen LogP contribution is -1.99. The molecule has 2 rings (SSSR count). The van der Waals surface area contributed by atoms with Crippen molar-refractivity contribution in [2.24, 2.45) is 0 Å². The van der Waals surface area contributed by atoms with Crippen LogP contribution in [0.1, 0.15) is 18.3 Å². The van der Waals surface area contributed by atoms with E-state index in [1.807, 2.05) is 13.8 Å². The summed E-state index contributed by atoms with van der Waals surface area (Å²) in [4.78, 5) is 17.2. The van der Waals surface area contributed by atoms with Crippen molar-refractivity contribution in [3.05, 3.63) is 35.7 Å². The van der Waals surface area contributed by atoms with E-state index in [9.17, 15) is 4.57 Å². The van der Waals surface area contributed by atoms with Crippen LogP contribution in [0, 0.1) is 13.8 Å². The highest BCUT2D eigenvalue weighted by Crippen LogP contribution is 2.31. The van der Waals surface area contributed by atoms with Crippen LogP contribution >= 0.6 is 8.25 Å². The second-order valence-electron chi connectivity index (χ2n) is 4.48. The fraction of sp³-hybridized carbons (Fsp3) is 0.286. The van der Waals surface area contributed by atoms with Crippen molar-refractivity contribution in [1.82, 2.24) is 9.97 Å². The molecule has 1 unspecified atom stereocenters. The molecule has 0 bridgehead atoms. The van der Waals surface area contributed by atoms with E-state index in [-0.39, 0.29) is 5.75 Å². The normalized spacial score (nSPS) is 11.8. The molecule has 1 N–H and O–H groups in total. The van der Waals surface area contributed by atoms with E-state index in [2.05, 4.69) is 9.97 Å². The maximum atomic E-state index is 10.8. The van der Waals surface area contributed by atoms with E-state index in [4.69, 9.17) is 18.9 Å². The van der Waals surface area contributed by atoms with Crippen molar-refractivity contribution >= 4 is 8.25 Å². The molecule has 0 spiro atoms. The largest absolute Gasteiger partial charge is 0.478 e. The topological polar surface area (TPSA) is 90.8 Å². The molecular weight excluding hydrogens is 307 g/mol. The van der Waals surface area contributed by atoms with E-state index in [1.165, 1.54) is 6.07 Å². The molecule has 0 saturated carbocycles. The molecule has 22 heavy (non-hydrogen) atoms. The van der Waals surface area contributed by atoms with E-state index in [0.29, 0.717) is 29.9 Å². The Labute approximate surface area is 128 Å². The molecule has 1 atom stereocenters. The highest BCUT2D eigenvalue weighted by Gasteiger charge is 2.08. The van der Waals surface area contributed by atoms with Gasteiger partial charge in [-0.25, -0.2) is 4.57 Å². The first-order chi connectivity index (χ1) is 10.5. The summed E-state index contributed by atoms with van der Waals surface area (Å²) in [6.45, 7) is 5.91. The number of aromatic nitrogens is 2. The Morgan fingerprint density at radius 3 is 2.45 bits per heavy atom. The minimum Gasteiger partial charge on any atom is -0.478 e. The number of nitrogens with zero attached hydrogens (tertiary/aromatic N) is 2. The van der Waals surface area contributed by atoms with Crippen molar-refractivity contribution in [3.8, 4) is 23.3 Å². The third kappa shape index (κ3) is 4.72. The van der Waals surface area contributed by atoms with Gasteiger partial charge in [-0.15, -0.1) is 0 Å². The Kier molecular flexibility index (Phi) is 5.35. The number of hydrogen-bond acceptors (Lipinski definition) is 6.